The van der Waals surface area contributed by atoms with E-state index in [1.54, 1.807) is 0 Å². The van der Waals surface area contributed by atoms with E-state index < -0.39 is 0 Å². The summed E-state index contributed by atoms with van der Waals surface area (Å²) in [6, 6.07) is 0. The van der Waals surface area contributed by atoms with Crippen molar-refractivity contribution in [3.8, 4) is 0 Å². The first kappa shape index (κ1) is 25.7. The third-order valence-electron chi connectivity index (χ3n) is 12.2. The maximum atomic E-state index is 5.44. The molecular weight excluding hydrogens is 444 g/mol. The van der Waals surface area contributed by atoms with Gasteiger partial charge in [-0.3, -0.25) is 0 Å². The summed E-state index contributed by atoms with van der Waals surface area (Å²) < 4.78 is 0.636. The monoisotopic (exact) mass is 494 g/mol. The number of nitrogens with zero attached hydrogens (tertiary/aromatic N) is 1. The lowest BCUT2D eigenvalue weighted by Crippen LogP contribution is -2.54. The minimum atomic E-state index is 0.0994. The van der Waals surface area contributed by atoms with Crippen LogP contribution in [0.2, 0.25) is 0 Å². The van der Waals surface area contributed by atoms with Gasteiger partial charge in [0.25, 0.3) is 0 Å². The Labute approximate surface area is 220 Å². The molecular formula is C32H50N2S. The Morgan fingerprint density at radius 1 is 1.00 bits per heavy atom. The molecule has 0 saturated heterocycles. The first-order chi connectivity index (χ1) is 16.3. The van der Waals surface area contributed by atoms with Crippen molar-refractivity contribution >= 4 is 12.2 Å². The number of allylic oxidation sites excluding steroid dienone is 2. The van der Waals surface area contributed by atoms with Gasteiger partial charge in [-0.2, -0.15) is 0 Å². The van der Waals surface area contributed by atoms with Crippen molar-refractivity contribution in [3.05, 3.63) is 33.4 Å². The van der Waals surface area contributed by atoms with Gasteiger partial charge in [-0.15, -0.1) is 0 Å². The topological polar surface area (TPSA) is 28.7 Å². The number of H-pyrrole nitrogens is 1. The van der Waals surface area contributed by atoms with Gasteiger partial charge < -0.3 is 4.98 Å². The lowest BCUT2D eigenvalue weighted by molar-refractivity contribution is 0.0133. The quantitative estimate of drug-likeness (QED) is 0.326. The van der Waals surface area contributed by atoms with Crippen LogP contribution in [0.4, 0.5) is 0 Å². The summed E-state index contributed by atoms with van der Waals surface area (Å²) in [6.45, 7) is 20.3. The molecule has 4 aliphatic rings. The summed E-state index contributed by atoms with van der Waals surface area (Å²) in [5, 5.41) is 0. The van der Waals surface area contributed by atoms with Crippen molar-refractivity contribution in [2.75, 3.05) is 0 Å². The van der Waals surface area contributed by atoms with Crippen molar-refractivity contribution in [3.63, 3.8) is 0 Å². The minimum absolute atomic E-state index is 0.0994. The third-order valence-corrected chi connectivity index (χ3v) is 12.4. The van der Waals surface area contributed by atoms with E-state index in [-0.39, 0.29) is 10.8 Å². The SMILES string of the molecule is CC(C)CCCC(C)C1CCC2(C)C3=C(CCC12C)C1(C)Cc2cnc(=S)[nH]c2C(C)(C)C1CC3. The first-order valence-electron chi connectivity index (χ1n) is 14.7. The maximum absolute atomic E-state index is 5.44. The summed E-state index contributed by atoms with van der Waals surface area (Å²) in [5.74, 6) is 3.23. The van der Waals surface area contributed by atoms with Crippen molar-refractivity contribution in [2.45, 2.75) is 125 Å². The molecule has 0 spiro atoms. The van der Waals surface area contributed by atoms with E-state index in [2.05, 4.69) is 71.6 Å². The molecule has 194 valence electrons. The molecule has 1 aromatic rings. The predicted molar refractivity (Wildman–Crippen MR) is 150 cm³/mol. The zero-order valence-electron chi connectivity index (χ0n) is 23.8. The second kappa shape index (κ2) is 8.53. The third kappa shape index (κ3) is 3.68. The van der Waals surface area contributed by atoms with Crippen LogP contribution in [0, 0.1) is 44.7 Å². The van der Waals surface area contributed by atoms with E-state index >= 15 is 0 Å². The van der Waals surface area contributed by atoms with Crippen LogP contribution in [0.1, 0.15) is 124 Å². The number of fused-ring (bicyclic) bond motifs is 5. The Balaban J connectivity index is 1.50. The molecule has 1 saturated carbocycles. The number of hydrogen-bond donors (Lipinski definition) is 1. The molecule has 0 aromatic carbocycles. The van der Waals surface area contributed by atoms with E-state index in [1.807, 2.05) is 11.1 Å². The second-order valence-electron chi connectivity index (χ2n) is 14.6. The molecule has 4 aliphatic carbocycles. The highest BCUT2D eigenvalue weighted by Gasteiger charge is 2.63. The van der Waals surface area contributed by atoms with Crippen molar-refractivity contribution in [1.82, 2.24) is 9.97 Å². The fourth-order valence-corrected chi connectivity index (χ4v) is 10.4. The molecule has 1 N–H and O–H groups in total. The van der Waals surface area contributed by atoms with Crippen LogP contribution in [-0.4, -0.2) is 9.97 Å². The zero-order chi connectivity index (χ0) is 25.4. The Hall–Kier alpha value is -0.960. The molecule has 6 atom stereocenters. The predicted octanol–water partition coefficient (Wildman–Crippen LogP) is 9.36. The minimum Gasteiger partial charge on any atom is -0.334 e. The number of aromatic nitrogens is 2. The molecule has 5 rings (SSSR count). The highest BCUT2D eigenvalue weighted by molar-refractivity contribution is 7.71. The highest BCUT2D eigenvalue weighted by Crippen LogP contribution is 2.72. The molecule has 0 radical (unpaired) electrons. The summed E-state index contributed by atoms with van der Waals surface area (Å²) in [7, 11) is 0. The van der Waals surface area contributed by atoms with E-state index in [4.69, 9.17) is 12.2 Å². The lowest BCUT2D eigenvalue weighted by atomic mass is 9.43. The Morgan fingerprint density at radius 2 is 1.74 bits per heavy atom. The van der Waals surface area contributed by atoms with Crippen LogP contribution in [0.25, 0.3) is 0 Å². The lowest BCUT2D eigenvalue weighted by Gasteiger charge is -2.61. The van der Waals surface area contributed by atoms with Crippen LogP contribution >= 0.6 is 12.2 Å². The van der Waals surface area contributed by atoms with Gasteiger partial charge in [-0.05, 0) is 103 Å². The van der Waals surface area contributed by atoms with Crippen LogP contribution in [0.5, 0.6) is 0 Å². The standard InChI is InChI=1S/C32H50N2S/c1-20(2)10-9-11-21(3)23-14-16-32(8)25-12-13-26-29(4,5)27-22(19-33-28(35)34-27)18-30(26,6)24(25)15-17-31(23,32)7/h19-21,23,26H,9-18H2,1-8H3,(H,33,34,35). The van der Waals surface area contributed by atoms with E-state index in [0.29, 0.717) is 21.5 Å². The van der Waals surface area contributed by atoms with E-state index in [0.717, 1.165) is 24.2 Å². The highest BCUT2D eigenvalue weighted by atomic mass is 32.1. The van der Waals surface area contributed by atoms with Crippen molar-refractivity contribution in [2.24, 2.45) is 39.9 Å². The van der Waals surface area contributed by atoms with Gasteiger partial charge in [0.15, 0.2) is 4.77 Å². The van der Waals surface area contributed by atoms with Gasteiger partial charge in [0.2, 0.25) is 0 Å². The van der Waals surface area contributed by atoms with E-state index in [1.165, 1.54) is 69.0 Å². The van der Waals surface area contributed by atoms with Crippen LogP contribution in [-0.2, 0) is 11.8 Å². The molecule has 1 heterocycles. The Bertz CT molecular complexity index is 1080. The maximum Gasteiger partial charge on any atom is 0.196 e. The molecule has 6 unspecified atom stereocenters. The first-order valence-corrected chi connectivity index (χ1v) is 15.1. The van der Waals surface area contributed by atoms with Crippen molar-refractivity contribution in [1.29, 1.82) is 0 Å². The smallest absolute Gasteiger partial charge is 0.196 e. The molecule has 2 nitrogen and oxygen atoms in total. The average Bonchev–Trinajstić information content (AvgIpc) is 3.05. The van der Waals surface area contributed by atoms with Crippen molar-refractivity contribution < 1.29 is 0 Å². The van der Waals surface area contributed by atoms with Gasteiger partial charge in [0.05, 0.1) is 0 Å². The zero-order valence-corrected chi connectivity index (χ0v) is 24.6. The molecule has 0 bridgehead atoms. The van der Waals surface area contributed by atoms with Gasteiger partial charge in [-0.1, -0.05) is 85.8 Å². The second-order valence-corrected chi connectivity index (χ2v) is 15.0. The molecule has 0 amide bonds. The normalized spacial score (nSPS) is 38.5. The molecule has 0 aliphatic heterocycles. The number of nitrogens with one attached hydrogen (secondary N) is 1. The van der Waals surface area contributed by atoms with Crippen LogP contribution in [0.3, 0.4) is 0 Å². The summed E-state index contributed by atoms with van der Waals surface area (Å²) in [6.07, 6.45) is 15.6. The Kier molecular flexibility index (Phi) is 6.26. The fraction of sp³-hybridized carbons (Fsp3) is 0.812. The number of rotatable bonds is 5. The largest absolute Gasteiger partial charge is 0.334 e. The summed E-state index contributed by atoms with van der Waals surface area (Å²) in [5.41, 5.74) is 7.67. The summed E-state index contributed by atoms with van der Waals surface area (Å²) >= 11 is 5.44. The van der Waals surface area contributed by atoms with Gasteiger partial charge >= 0.3 is 0 Å². The molecule has 35 heavy (non-hydrogen) atoms. The molecule has 1 aromatic heterocycles. The van der Waals surface area contributed by atoms with Gasteiger partial charge in [0.1, 0.15) is 0 Å². The van der Waals surface area contributed by atoms with Gasteiger partial charge in [-0.25, -0.2) is 4.98 Å². The van der Waals surface area contributed by atoms with E-state index in [9.17, 15) is 0 Å². The number of hydrogen-bond acceptors (Lipinski definition) is 2. The number of aromatic amines is 1. The fourth-order valence-electron chi connectivity index (χ4n) is 10.2. The Morgan fingerprint density at radius 3 is 2.46 bits per heavy atom. The van der Waals surface area contributed by atoms with Gasteiger partial charge in [0, 0.05) is 17.3 Å². The summed E-state index contributed by atoms with van der Waals surface area (Å²) in [4.78, 5) is 8.04. The van der Waals surface area contributed by atoms with Crippen LogP contribution in [0.15, 0.2) is 17.3 Å². The average molecular weight is 495 g/mol. The molecule has 1 fully saturated rings. The van der Waals surface area contributed by atoms with Crippen LogP contribution < -0.4 is 0 Å². The molecule has 3 heteroatoms.